The van der Waals surface area contributed by atoms with Gasteiger partial charge >= 0.3 is 0 Å². The quantitative estimate of drug-likeness (QED) is 0.408. The predicted octanol–water partition coefficient (Wildman–Crippen LogP) is 5.24. The van der Waals surface area contributed by atoms with Gasteiger partial charge in [-0.3, -0.25) is 0 Å². The lowest BCUT2D eigenvalue weighted by Crippen LogP contribution is -2.13. The minimum atomic E-state index is 0.376. The van der Waals surface area contributed by atoms with Gasteiger partial charge in [-0.05, 0) is 12.3 Å². The van der Waals surface area contributed by atoms with Crippen molar-refractivity contribution in [1.29, 1.82) is 0 Å². The number of aromatic nitrogens is 2. The van der Waals surface area contributed by atoms with E-state index >= 15 is 0 Å². The van der Waals surface area contributed by atoms with Crippen molar-refractivity contribution in [2.24, 2.45) is 5.73 Å². The number of nitrogens with zero attached hydrogens (tertiary/aromatic N) is 1. The summed E-state index contributed by atoms with van der Waals surface area (Å²) in [6, 6.07) is 0. The summed E-state index contributed by atoms with van der Waals surface area (Å²) in [5, 5.41) is 0. The molecule has 0 atom stereocenters. The summed E-state index contributed by atoms with van der Waals surface area (Å²) >= 11 is 5.09. The molecule has 0 bridgehead atoms. The SMILES string of the molecule is CCCCCCCCCCCc1nc(C(N)=S)c(C(C)C)[nH]1. The third kappa shape index (κ3) is 6.91. The summed E-state index contributed by atoms with van der Waals surface area (Å²) in [7, 11) is 0. The van der Waals surface area contributed by atoms with Crippen molar-refractivity contribution >= 4 is 17.2 Å². The van der Waals surface area contributed by atoms with Gasteiger partial charge in [0.2, 0.25) is 0 Å². The molecule has 0 spiro atoms. The molecule has 0 aliphatic heterocycles. The monoisotopic (exact) mass is 323 g/mol. The van der Waals surface area contributed by atoms with Gasteiger partial charge in [-0.2, -0.15) is 0 Å². The van der Waals surface area contributed by atoms with Crippen molar-refractivity contribution in [3.63, 3.8) is 0 Å². The molecule has 0 aliphatic carbocycles. The molecule has 0 aromatic carbocycles. The number of rotatable bonds is 12. The van der Waals surface area contributed by atoms with E-state index in [1.807, 2.05) is 0 Å². The topological polar surface area (TPSA) is 54.7 Å². The maximum atomic E-state index is 5.76. The van der Waals surface area contributed by atoms with Crippen LogP contribution in [0.5, 0.6) is 0 Å². The van der Waals surface area contributed by atoms with Gasteiger partial charge in [-0.1, -0.05) is 84.4 Å². The fourth-order valence-corrected chi connectivity index (χ4v) is 2.92. The van der Waals surface area contributed by atoms with E-state index in [1.54, 1.807) is 0 Å². The van der Waals surface area contributed by atoms with Gasteiger partial charge in [0.15, 0.2) is 0 Å². The van der Waals surface area contributed by atoms with Crippen LogP contribution in [0, 0.1) is 0 Å². The Balaban J connectivity index is 2.22. The van der Waals surface area contributed by atoms with E-state index in [4.69, 9.17) is 18.0 Å². The van der Waals surface area contributed by atoms with Crippen LogP contribution in [0.4, 0.5) is 0 Å². The number of thiocarbonyl (C=S) groups is 1. The number of unbranched alkanes of at least 4 members (excludes halogenated alkanes) is 8. The molecule has 126 valence electrons. The molecule has 0 unspecified atom stereocenters. The zero-order valence-corrected chi connectivity index (χ0v) is 15.4. The molecule has 0 radical (unpaired) electrons. The fourth-order valence-electron chi connectivity index (χ4n) is 2.76. The first kappa shape index (κ1) is 19.1. The highest BCUT2D eigenvalue weighted by atomic mass is 32.1. The van der Waals surface area contributed by atoms with E-state index in [-0.39, 0.29) is 0 Å². The number of H-pyrrole nitrogens is 1. The van der Waals surface area contributed by atoms with Crippen LogP contribution in [-0.2, 0) is 6.42 Å². The third-order valence-corrected chi connectivity index (χ3v) is 4.30. The number of imidazole rings is 1. The second-order valence-electron chi connectivity index (χ2n) is 6.54. The Hall–Kier alpha value is -0.900. The zero-order chi connectivity index (χ0) is 16.4. The molecule has 3 nitrogen and oxygen atoms in total. The molecule has 0 amide bonds. The van der Waals surface area contributed by atoms with Crippen molar-refractivity contribution < 1.29 is 0 Å². The summed E-state index contributed by atoms with van der Waals surface area (Å²) < 4.78 is 0. The van der Waals surface area contributed by atoms with Crippen LogP contribution in [0.25, 0.3) is 0 Å². The van der Waals surface area contributed by atoms with E-state index < -0.39 is 0 Å². The smallest absolute Gasteiger partial charge is 0.124 e. The van der Waals surface area contributed by atoms with E-state index in [0.29, 0.717) is 10.9 Å². The molecule has 0 saturated heterocycles. The minimum absolute atomic E-state index is 0.376. The molecule has 0 fully saturated rings. The van der Waals surface area contributed by atoms with Crippen LogP contribution >= 0.6 is 12.2 Å². The van der Waals surface area contributed by atoms with Crippen molar-refractivity contribution in [2.45, 2.75) is 90.9 Å². The van der Waals surface area contributed by atoms with Gasteiger partial charge in [0, 0.05) is 12.1 Å². The van der Waals surface area contributed by atoms with Crippen LogP contribution in [0.3, 0.4) is 0 Å². The highest BCUT2D eigenvalue weighted by Gasteiger charge is 2.14. The first-order valence-corrected chi connectivity index (χ1v) is 9.35. The summed E-state index contributed by atoms with van der Waals surface area (Å²) in [6.07, 6.45) is 13.1. The number of aryl methyl sites for hydroxylation is 1. The Morgan fingerprint density at radius 1 is 1.05 bits per heavy atom. The minimum Gasteiger partial charge on any atom is -0.388 e. The summed E-state index contributed by atoms with van der Waals surface area (Å²) in [6.45, 7) is 6.54. The largest absolute Gasteiger partial charge is 0.388 e. The highest BCUT2D eigenvalue weighted by molar-refractivity contribution is 7.80. The van der Waals surface area contributed by atoms with Gasteiger partial charge in [0.1, 0.15) is 16.5 Å². The summed E-state index contributed by atoms with van der Waals surface area (Å²) in [5.74, 6) is 1.41. The second-order valence-corrected chi connectivity index (χ2v) is 6.98. The molecule has 0 saturated carbocycles. The van der Waals surface area contributed by atoms with Crippen molar-refractivity contribution in [1.82, 2.24) is 9.97 Å². The molecule has 1 aromatic heterocycles. The molecule has 1 heterocycles. The van der Waals surface area contributed by atoms with Crippen LogP contribution in [-0.4, -0.2) is 15.0 Å². The van der Waals surface area contributed by atoms with Gasteiger partial charge in [0.25, 0.3) is 0 Å². The van der Waals surface area contributed by atoms with Crippen LogP contribution in [0.15, 0.2) is 0 Å². The van der Waals surface area contributed by atoms with Gasteiger partial charge in [-0.25, -0.2) is 4.98 Å². The Bertz CT molecular complexity index is 438. The van der Waals surface area contributed by atoms with Gasteiger partial charge in [0.05, 0.1) is 0 Å². The van der Waals surface area contributed by atoms with E-state index in [0.717, 1.165) is 23.6 Å². The van der Waals surface area contributed by atoms with Crippen LogP contribution in [0.1, 0.15) is 102 Å². The molecule has 4 heteroatoms. The number of hydrogen-bond donors (Lipinski definition) is 2. The molecule has 1 aromatic rings. The van der Waals surface area contributed by atoms with Crippen molar-refractivity contribution in [3.05, 3.63) is 17.2 Å². The Labute approximate surface area is 141 Å². The van der Waals surface area contributed by atoms with Gasteiger partial charge < -0.3 is 10.7 Å². The third-order valence-electron chi connectivity index (χ3n) is 4.11. The summed E-state index contributed by atoms with van der Waals surface area (Å²) in [5.41, 5.74) is 7.63. The lowest BCUT2D eigenvalue weighted by molar-refractivity contribution is 0.562. The molecule has 1 rings (SSSR count). The van der Waals surface area contributed by atoms with Crippen LogP contribution in [0.2, 0.25) is 0 Å². The first-order valence-electron chi connectivity index (χ1n) is 8.94. The van der Waals surface area contributed by atoms with E-state index in [1.165, 1.54) is 57.8 Å². The maximum Gasteiger partial charge on any atom is 0.124 e. The van der Waals surface area contributed by atoms with E-state index in [9.17, 15) is 0 Å². The number of aromatic amines is 1. The molecule has 22 heavy (non-hydrogen) atoms. The Kier molecular flexibility index (Phi) is 9.37. The van der Waals surface area contributed by atoms with E-state index in [2.05, 4.69) is 30.7 Å². The van der Waals surface area contributed by atoms with Crippen molar-refractivity contribution in [2.75, 3.05) is 0 Å². The average molecular weight is 324 g/mol. The van der Waals surface area contributed by atoms with Gasteiger partial charge in [-0.15, -0.1) is 0 Å². The maximum absolute atomic E-state index is 5.76. The van der Waals surface area contributed by atoms with Crippen LogP contribution < -0.4 is 5.73 Å². The average Bonchev–Trinajstić information content (AvgIpc) is 2.90. The Morgan fingerprint density at radius 3 is 2.05 bits per heavy atom. The normalized spacial score (nSPS) is 11.3. The number of nitrogens with one attached hydrogen (secondary N) is 1. The first-order chi connectivity index (χ1) is 10.6. The summed E-state index contributed by atoms with van der Waals surface area (Å²) in [4.78, 5) is 8.39. The number of hydrogen-bond acceptors (Lipinski definition) is 2. The lowest BCUT2D eigenvalue weighted by Gasteiger charge is -2.03. The molecule has 3 N–H and O–H groups in total. The fraction of sp³-hybridized carbons (Fsp3) is 0.778. The van der Waals surface area contributed by atoms with Crippen molar-refractivity contribution in [3.8, 4) is 0 Å². The Morgan fingerprint density at radius 2 is 1.59 bits per heavy atom. The zero-order valence-electron chi connectivity index (χ0n) is 14.6. The second kappa shape index (κ2) is 10.8. The predicted molar refractivity (Wildman–Crippen MR) is 99.5 cm³/mol. The lowest BCUT2D eigenvalue weighted by atomic mass is 10.1. The number of nitrogens with two attached hydrogens (primary N) is 1. The molecular formula is C18H33N3S. The molecular weight excluding hydrogens is 290 g/mol. The molecule has 0 aliphatic rings. The highest BCUT2D eigenvalue weighted by Crippen LogP contribution is 2.18. The standard InChI is InChI=1S/C18H33N3S/c1-4-5-6-7-8-9-10-11-12-13-15-20-16(14(2)3)17(21-15)18(19)22/h14H,4-13H2,1-3H3,(H2,19,22)(H,20,21).